The fourth-order valence-corrected chi connectivity index (χ4v) is 10.3. The Hall–Kier alpha value is -4.39. The Morgan fingerprint density at radius 2 is 0.796 bits per heavy atom. The van der Waals surface area contributed by atoms with Crippen LogP contribution in [0.4, 0.5) is 0 Å². The molecule has 0 aromatic heterocycles. The normalized spacial score (nSPS) is 11.8. The number of hydrogen-bond acceptors (Lipinski definition) is 6. The van der Waals surface area contributed by atoms with Crippen molar-refractivity contribution in [3.8, 4) is 17.2 Å². The first-order valence-corrected chi connectivity index (χ1v) is 18.2. The van der Waals surface area contributed by atoms with E-state index in [0.717, 1.165) is 5.56 Å². The van der Waals surface area contributed by atoms with Gasteiger partial charge in [-0.05, 0) is 18.2 Å². The lowest BCUT2D eigenvalue weighted by molar-refractivity contribution is 0.324. The molecule has 0 aliphatic carbocycles. The van der Waals surface area contributed by atoms with Crippen LogP contribution < -0.4 is 36.1 Å². The third-order valence-electron chi connectivity index (χ3n) is 9.15. The SMILES string of the molecule is COc1ccc(/C=C/[P+](N(C)C)(N(C)C)N(C)C)c(OC)c1OC.c1ccc([B-](c2ccccc2)(c2ccccc2)c2ccccc2)cc1. The van der Waals surface area contributed by atoms with Crippen molar-refractivity contribution in [2.75, 3.05) is 63.6 Å². The molecule has 0 saturated heterocycles. The Morgan fingerprint density at radius 3 is 1.08 bits per heavy atom. The molecule has 0 spiro atoms. The Kier molecular flexibility index (Phi) is 13.2. The monoisotopic (exact) mass is 675 g/mol. The Bertz CT molecular complexity index is 1570. The molecule has 0 N–H and O–H groups in total. The van der Waals surface area contributed by atoms with Crippen molar-refractivity contribution in [1.82, 2.24) is 14.0 Å². The average Bonchev–Trinajstić information content (AvgIpc) is 3.13. The highest BCUT2D eigenvalue weighted by Crippen LogP contribution is 2.65. The van der Waals surface area contributed by atoms with E-state index in [-0.39, 0.29) is 0 Å². The lowest BCUT2D eigenvalue weighted by atomic mass is 9.13. The van der Waals surface area contributed by atoms with Gasteiger partial charge in [-0.2, -0.15) is 35.9 Å². The largest absolute Gasteiger partial charge is 0.493 e. The summed E-state index contributed by atoms with van der Waals surface area (Å²) >= 11 is 0. The summed E-state index contributed by atoms with van der Waals surface area (Å²) in [6.07, 6.45) is 0.876. The molecule has 0 fully saturated rings. The summed E-state index contributed by atoms with van der Waals surface area (Å²) in [7, 11) is 15.7. The second-order valence-electron chi connectivity index (χ2n) is 12.4. The molecule has 0 radical (unpaired) electrons. The second-order valence-corrected chi connectivity index (χ2v) is 16.3. The first-order valence-electron chi connectivity index (χ1n) is 16.5. The molecule has 49 heavy (non-hydrogen) atoms. The van der Waals surface area contributed by atoms with Crippen LogP contribution in [0.5, 0.6) is 17.2 Å². The topological polar surface area (TPSA) is 37.4 Å². The van der Waals surface area contributed by atoms with Crippen LogP contribution in [0.2, 0.25) is 0 Å². The average molecular weight is 676 g/mol. The van der Waals surface area contributed by atoms with Crippen LogP contribution >= 0.6 is 7.71 Å². The number of benzene rings is 5. The molecule has 0 unspecified atom stereocenters. The lowest BCUT2D eigenvalue weighted by Gasteiger charge is -2.44. The van der Waals surface area contributed by atoms with E-state index in [4.69, 9.17) is 14.2 Å². The van der Waals surface area contributed by atoms with Gasteiger partial charge in [0, 0.05) is 47.8 Å². The van der Waals surface area contributed by atoms with Gasteiger partial charge in [-0.15, -0.1) is 0 Å². The highest BCUT2D eigenvalue weighted by molar-refractivity contribution is 7.72. The zero-order valence-electron chi connectivity index (χ0n) is 30.4. The highest BCUT2D eigenvalue weighted by atomic mass is 31.2. The summed E-state index contributed by atoms with van der Waals surface area (Å²) in [4.78, 5) is 0. The van der Waals surface area contributed by atoms with Gasteiger partial charge in [0.1, 0.15) is 12.0 Å². The molecular weight excluding hydrogens is 624 g/mol. The predicted molar refractivity (Wildman–Crippen MR) is 213 cm³/mol. The molecular formula is C41H51BN3O3P. The predicted octanol–water partition coefficient (Wildman–Crippen LogP) is 6.19. The van der Waals surface area contributed by atoms with Crippen molar-refractivity contribution in [3.05, 3.63) is 145 Å². The third kappa shape index (κ3) is 7.77. The summed E-state index contributed by atoms with van der Waals surface area (Å²) in [6.45, 7) is 0. The molecule has 5 aromatic rings. The van der Waals surface area contributed by atoms with Crippen LogP contribution in [-0.4, -0.2) is 83.8 Å². The molecule has 0 saturated carbocycles. The van der Waals surface area contributed by atoms with Crippen molar-refractivity contribution in [2.24, 2.45) is 0 Å². The minimum atomic E-state index is -1.76. The minimum Gasteiger partial charge on any atom is -0.493 e. The van der Waals surface area contributed by atoms with Crippen molar-refractivity contribution in [2.45, 2.75) is 0 Å². The highest BCUT2D eigenvalue weighted by Gasteiger charge is 2.45. The second kappa shape index (κ2) is 17.3. The van der Waals surface area contributed by atoms with E-state index in [0.29, 0.717) is 17.2 Å². The van der Waals surface area contributed by atoms with Gasteiger partial charge in [-0.25, -0.2) is 0 Å². The minimum absolute atomic E-state index is 0.602. The molecule has 6 nitrogen and oxygen atoms in total. The first-order chi connectivity index (χ1) is 23.7. The van der Waals surface area contributed by atoms with Gasteiger partial charge in [-0.3, -0.25) is 0 Å². The van der Waals surface area contributed by atoms with Crippen molar-refractivity contribution < 1.29 is 14.2 Å². The maximum absolute atomic E-state index is 5.57. The summed E-state index contributed by atoms with van der Waals surface area (Å²) in [5.41, 5.74) is 6.31. The lowest BCUT2D eigenvalue weighted by Crippen LogP contribution is -2.74. The zero-order chi connectivity index (χ0) is 35.4. The van der Waals surface area contributed by atoms with Crippen LogP contribution in [0.1, 0.15) is 5.56 Å². The van der Waals surface area contributed by atoms with Gasteiger partial charge in [0.05, 0.1) is 21.3 Å². The van der Waals surface area contributed by atoms with Crippen LogP contribution in [0.25, 0.3) is 6.08 Å². The molecule has 8 heteroatoms. The van der Waals surface area contributed by atoms with E-state index in [1.165, 1.54) is 21.9 Å². The maximum atomic E-state index is 5.57. The molecule has 0 atom stereocenters. The Labute approximate surface area is 295 Å². The van der Waals surface area contributed by atoms with E-state index < -0.39 is 13.9 Å². The molecule has 5 rings (SSSR count). The van der Waals surface area contributed by atoms with Crippen LogP contribution in [0, 0.1) is 0 Å². The number of rotatable bonds is 12. The van der Waals surface area contributed by atoms with Crippen molar-refractivity contribution in [3.63, 3.8) is 0 Å². The molecule has 256 valence electrons. The zero-order valence-corrected chi connectivity index (χ0v) is 31.3. The third-order valence-corrected chi connectivity index (χ3v) is 13.2. The molecule has 0 amide bonds. The number of nitrogens with zero attached hydrogens (tertiary/aromatic N) is 3. The van der Waals surface area contributed by atoms with Crippen LogP contribution in [0.3, 0.4) is 0 Å². The van der Waals surface area contributed by atoms with Gasteiger partial charge >= 0.3 is 0 Å². The molecule has 0 bridgehead atoms. The Balaban J connectivity index is 0.000000221. The van der Waals surface area contributed by atoms with Gasteiger partial charge in [-0.1, -0.05) is 121 Å². The van der Waals surface area contributed by atoms with Crippen LogP contribution in [0.15, 0.2) is 139 Å². The first kappa shape index (κ1) is 37.4. The number of hydrogen-bond donors (Lipinski definition) is 0. The number of ether oxygens (including phenoxy) is 3. The summed E-state index contributed by atoms with van der Waals surface area (Å²) in [5, 5.41) is 0. The smallest absolute Gasteiger partial charge is 0.253 e. The molecule has 5 aromatic carbocycles. The van der Waals surface area contributed by atoms with Gasteiger partial charge in [0.2, 0.25) is 5.75 Å². The Morgan fingerprint density at radius 1 is 0.449 bits per heavy atom. The van der Waals surface area contributed by atoms with Crippen molar-refractivity contribution >= 4 is 41.8 Å². The maximum Gasteiger partial charge on any atom is 0.253 e. The fourth-order valence-electron chi connectivity index (χ4n) is 7.03. The van der Waals surface area contributed by atoms with Crippen LogP contribution in [-0.2, 0) is 0 Å². The standard InChI is InChI=1S/C24H20B.C17H31N3O3P/c1-5-13-21(14-6-1)25(22-15-7-2-8-16-22,23-17-9-3-10-18-23)24-19-11-4-12-20-24;1-18(2)24(19(3)4,20(5)6)13-12-14-10-11-15(21-7)17(23-9)16(14)22-8/h1-20H;10-13H,1-9H3/q-1;+1/b;13-12+. The number of methoxy groups -OCH3 is 3. The van der Waals surface area contributed by atoms with E-state index in [1.54, 1.807) is 21.3 Å². The van der Waals surface area contributed by atoms with E-state index in [1.807, 2.05) is 12.1 Å². The summed E-state index contributed by atoms with van der Waals surface area (Å²) < 4.78 is 23.2. The summed E-state index contributed by atoms with van der Waals surface area (Å²) in [6, 6.07) is 47.4. The summed E-state index contributed by atoms with van der Waals surface area (Å²) in [5.74, 6) is 4.17. The fraction of sp³-hybridized carbons (Fsp3) is 0.220. The van der Waals surface area contributed by atoms with Gasteiger partial charge in [0.25, 0.3) is 7.71 Å². The van der Waals surface area contributed by atoms with Gasteiger partial charge < -0.3 is 14.2 Å². The van der Waals surface area contributed by atoms with E-state index in [2.05, 4.69) is 190 Å². The van der Waals surface area contributed by atoms with E-state index in [9.17, 15) is 0 Å². The van der Waals surface area contributed by atoms with Gasteiger partial charge in [0.15, 0.2) is 11.5 Å². The molecule has 0 aliphatic rings. The molecule has 0 heterocycles. The van der Waals surface area contributed by atoms with Crippen molar-refractivity contribution in [1.29, 1.82) is 0 Å². The quantitative estimate of drug-likeness (QED) is 0.116. The molecule has 0 aliphatic heterocycles. The van der Waals surface area contributed by atoms with E-state index >= 15 is 0 Å².